The van der Waals surface area contributed by atoms with E-state index in [2.05, 4.69) is 108 Å². The van der Waals surface area contributed by atoms with E-state index in [-0.39, 0.29) is 0 Å². The lowest BCUT2D eigenvalue weighted by atomic mass is 10.0. The summed E-state index contributed by atoms with van der Waals surface area (Å²) in [7, 11) is 0. The van der Waals surface area contributed by atoms with Gasteiger partial charge in [-0.25, -0.2) is 19.9 Å². The molecule has 6 heteroatoms. The summed E-state index contributed by atoms with van der Waals surface area (Å²) in [6.45, 7) is 0. The number of hydrogen-bond donors (Lipinski definition) is 0. The fraction of sp³-hybridized carbons (Fsp3) is 0. The highest BCUT2D eigenvalue weighted by molar-refractivity contribution is 6.19. The zero-order chi connectivity index (χ0) is 31.6. The van der Waals surface area contributed by atoms with Crippen LogP contribution in [0, 0.1) is 0 Å². The minimum absolute atomic E-state index is 0.548. The first-order valence-corrected chi connectivity index (χ1v) is 15.9. The molecule has 10 rings (SSSR count). The number of furan rings is 1. The fourth-order valence-corrected chi connectivity index (χ4v) is 6.96. The van der Waals surface area contributed by atoms with Gasteiger partial charge in [0.1, 0.15) is 5.58 Å². The normalized spacial score (nSPS) is 11.8. The molecule has 0 fully saturated rings. The first-order chi connectivity index (χ1) is 23.8. The molecule has 48 heavy (non-hydrogen) atoms. The second-order valence-electron chi connectivity index (χ2n) is 11.9. The average molecular weight is 616 g/mol. The molecule has 0 saturated carbocycles. The minimum atomic E-state index is 0.548. The van der Waals surface area contributed by atoms with Crippen LogP contribution < -0.4 is 0 Å². The van der Waals surface area contributed by atoms with Crippen molar-refractivity contribution < 1.29 is 4.42 Å². The van der Waals surface area contributed by atoms with Gasteiger partial charge in [-0.3, -0.25) is 0 Å². The quantitative estimate of drug-likeness (QED) is 0.197. The lowest BCUT2D eigenvalue weighted by Crippen LogP contribution is -2.01. The van der Waals surface area contributed by atoms with Gasteiger partial charge >= 0.3 is 0 Å². The third-order valence-corrected chi connectivity index (χ3v) is 9.10. The zero-order valence-corrected chi connectivity index (χ0v) is 25.6. The molecule has 0 saturated heterocycles. The number of rotatable bonds is 4. The molecule has 0 aliphatic rings. The predicted molar refractivity (Wildman–Crippen MR) is 193 cm³/mol. The SMILES string of the molecule is c1ccc(-c2nc(-c3cnc4oc5ccc6ccccc6c5c4c3)nc(-c3cccc4c3c3ccccc3n4-c3ccccc3)n2)cc1. The van der Waals surface area contributed by atoms with E-state index in [1.807, 2.05) is 42.5 Å². The van der Waals surface area contributed by atoms with Crippen molar-refractivity contribution >= 4 is 54.6 Å². The van der Waals surface area contributed by atoms with E-state index in [1.165, 1.54) is 0 Å². The lowest BCUT2D eigenvalue weighted by molar-refractivity contribution is 0.654. The first kappa shape index (κ1) is 26.5. The number of para-hydroxylation sites is 2. The van der Waals surface area contributed by atoms with E-state index < -0.39 is 0 Å². The van der Waals surface area contributed by atoms with Crippen LogP contribution in [0.2, 0.25) is 0 Å². The monoisotopic (exact) mass is 615 g/mol. The van der Waals surface area contributed by atoms with Crippen LogP contribution in [0.15, 0.2) is 156 Å². The molecule has 224 valence electrons. The van der Waals surface area contributed by atoms with E-state index >= 15 is 0 Å². The molecule has 0 amide bonds. The molecule has 0 bridgehead atoms. The van der Waals surface area contributed by atoms with Crippen LogP contribution in [0.1, 0.15) is 0 Å². The van der Waals surface area contributed by atoms with E-state index in [0.29, 0.717) is 23.2 Å². The molecule has 0 unspecified atom stereocenters. The van der Waals surface area contributed by atoms with E-state index in [0.717, 1.165) is 71.3 Å². The molecule has 0 N–H and O–H groups in total. The summed E-state index contributed by atoms with van der Waals surface area (Å²) in [6, 6.07) is 49.9. The molecule has 0 aliphatic carbocycles. The van der Waals surface area contributed by atoms with Crippen molar-refractivity contribution in [2.45, 2.75) is 0 Å². The van der Waals surface area contributed by atoms with Gasteiger partial charge in [-0.2, -0.15) is 0 Å². The highest BCUT2D eigenvalue weighted by Gasteiger charge is 2.20. The van der Waals surface area contributed by atoms with E-state index in [9.17, 15) is 0 Å². The van der Waals surface area contributed by atoms with Gasteiger partial charge in [-0.15, -0.1) is 0 Å². The summed E-state index contributed by atoms with van der Waals surface area (Å²) in [4.78, 5) is 20.1. The van der Waals surface area contributed by atoms with Crippen LogP contribution >= 0.6 is 0 Å². The van der Waals surface area contributed by atoms with Crippen molar-refractivity contribution in [1.82, 2.24) is 24.5 Å². The maximum absolute atomic E-state index is 6.20. The highest BCUT2D eigenvalue weighted by atomic mass is 16.3. The number of hydrogen-bond acceptors (Lipinski definition) is 5. The molecule has 4 aromatic heterocycles. The number of pyridine rings is 1. The van der Waals surface area contributed by atoms with Crippen molar-refractivity contribution in [1.29, 1.82) is 0 Å². The third-order valence-electron chi connectivity index (χ3n) is 9.10. The Morgan fingerprint density at radius 1 is 0.479 bits per heavy atom. The number of fused-ring (bicyclic) bond motifs is 8. The average Bonchev–Trinajstić information content (AvgIpc) is 3.71. The summed E-state index contributed by atoms with van der Waals surface area (Å²) in [5, 5.41) is 6.46. The molecular weight excluding hydrogens is 590 g/mol. The lowest BCUT2D eigenvalue weighted by Gasteiger charge is -2.10. The van der Waals surface area contributed by atoms with Gasteiger partial charge in [0.15, 0.2) is 17.5 Å². The maximum atomic E-state index is 6.20. The van der Waals surface area contributed by atoms with Crippen LogP contribution in [0.3, 0.4) is 0 Å². The van der Waals surface area contributed by atoms with Crippen molar-refractivity contribution in [2.75, 3.05) is 0 Å². The highest BCUT2D eigenvalue weighted by Crippen LogP contribution is 2.39. The molecule has 6 aromatic carbocycles. The summed E-state index contributed by atoms with van der Waals surface area (Å²) in [5.74, 6) is 1.75. The summed E-state index contributed by atoms with van der Waals surface area (Å²) in [5.41, 5.74) is 7.33. The van der Waals surface area contributed by atoms with Crippen molar-refractivity contribution in [3.63, 3.8) is 0 Å². The Kier molecular flexibility index (Phi) is 5.77. The topological polar surface area (TPSA) is 69.6 Å². The smallest absolute Gasteiger partial charge is 0.227 e. The van der Waals surface area contributed by atoms with E-state index in [1.54, 1.807) is 6.20 Å². The summed E-state index contributed by atoms with van der Waals surface area (Å²) in [6.07, 6.45) is 1.79. The Balaban J connectivity index is 1.25. The van der Waals surface area contributed by atoms with Crippen molar-refractivity contribution in [2.24, 2.45) is 0 Å². The second kappa shape index (κ2) is 10.4. The maximum Gasteiger partial charge on any atom is 0.227 e. The van der Waals surface area contributed by atoms with Gasteiger partial charge in [0, 0.05) is 50.1 Å². The number of nitrogens with zero attached hydrogens (tertiary/aromatic N) is 5. The molecule has 0 aliphatic heterocycles. The molecular formula is C42H25N5O. The molecule has 6 nitrogen and oxygen atoms in total. The van der Waals surface area contributed by atoms with Crippen LogP contribution in [-0.4, -0.2) is 24.5 Å². The summed E-state index contributed by atoms with van der Waals surface area (Å²) >= 11 is 0. The second-order valence-corrected chi connectivity index (χ2v) is 11.9. The van der Waals surface area contributed by atoms with Crippen molar-refractivity contribution in [3.8, 4) is 39.9 Å². The van der Waals surface area contributed by atoms with Gasteiger partial charge in [0.05, 0.1) is 11.0 Å². The standard InChI is InChI=1S/C42H25N5O/c1-3-13-27(14-4-1)39-44-40(28-24-33-38-30-17-8-7-12-26(30)22-23-36(38)48-42(33)43-25-28)46-41(45-39)32-19-11-21-35-37(32)31-18-9-10-20-34(31)47(35)29-15-5-2-6-16-29/h1-25H. The molecule has 0 spiro atoms. The molecule has 0 atom stereocenters. The Morgan fingerprint density at radius 3 is 2.02 bits per heavy atom. The fourth-order valence-electron chi connectivity index (χ4n) is 6.96. The van der Waals surface area contributed by atoms with Gasteiger partial charge in [0.2, 0.25) is 5.71 Å². The molecule has 4 heterocycles. The Labute approximate surface area is 274 Å². The minimum Gasteiger partial charge on any atom is -0.438 e. The number of aromatic nitrogens is 5. The van der Waals surface area contributed by atoms with Gasteiger partial charge in [-0.1, -0.05) is 109 Å². The first-order valence-electron chi connectivity index (χ1n) is 15.9. The largest absolute Gasteiger partial charge is 0.438 e. The van der Waals surface area contributed by atoms with Gasteiger partial charge in [0.25, 0.3) is 0 Å². The third kappa shape index (κ3) is 4.06. The Morgan fingerprint density at radius 2 is 1.17 bits per heavy atom. The molecule has 0 radical (unpaired) electrons. The van der Waals surface area contributed by atoms with Crippen LogP contribution in [-0.2, 0) is 0 Å². The number of benzene rings is 6. The van der Waals surface area contributed by atoms with Gasteiger partial charge in [-0.05, 0) is 47.2 Å². The van der Waals surface area contributed by atoms with E-state index in [4.69, 9.17) is 24.4 Å². The predicted octanol–water partition coefficient (Wildman–Crippen LogP) is 10.4. The Hall–Kier alpha value is -6.66. The van der Waals surface area contributed by atoms with Gasteiger partial charge < -0.3 is 8.98 Å². The van der Waals surface area contributed by atoms with Crippen LogP contribution in [0.4, 0.5) is 0 Å². The van der Waals surface area contributed by atoms with Crippen LogP contribution in [0.5, 0.6) is 0 Å². The summed E-state index contributed by atoms with van der Waals surface area (Å²) < 4.78 is 8.50. The van der Waals surface area contributed by atoms with Crippen LogP contribution in [0.25, 0.3) is 94.5 Å². The molecule has 10 aromatic rings. The Bertz CT molecular complexity index is 2840. The zero-order valence-electron chi connectivity index (χ0n) is 25.6. The van der Waals surface area contributed by atoms with Crippen molar-refractivity contribution in [3.05, 3.63) is 152 Å².